The molecule has 0 radical (unpaired) electrons. The molecule has 5 heteroatoms. The second kappa shape index (κ2) is 7.75. The van der Waals surface area contributed by atoms with E-state index in [0.29, 0.717) is 23.8 Å². The molecule has 0 spiro atoms. The Balaban J connectivity index is 2.82. The molecule has 0 aliphatic rings. The van der Waals surface area contributed by atoms with Crippen molar-refractivity contribution in [3.63, 3.8) is 0 Å². The summed E-state index contributed by atoms with van der Waals surface area (Å²) in [5.74, 6) is 1.19. The van der Waals surface area contributed by atoms with Gasteiger partial charge in [0.1, 0.15) is 0 Å². The number of carbonyl (C=O) groups is 1. The summed E-state index contributed by atoms with van der Waals surface area (Å²) in [7, 11) is 1.58. The molecule has 0 aromatic heterocycles. The van der Waals surface area contributed by atoms with E-state index in [-0.39, 0.29) is 11.8 Å². The molecule has 0 saturated carbocycles. The van der Waals surface area contributed by atoms with Gasteiger partial charge in [-0.05, 0) is 25.0 Å². The Bertz CT molecular complexity index is 449. The molecule has 2 unspecified atom stereocenters. The Kier molecular flexibility index (Phi) is 6.31. The molecule has 1 aromatic carbocycles. The number of nitrogens with two attached hydrogens (primary N) is 1. The van der Waals surface area contributed by atoms with E-state index >= 15 is 0 Å². The number of carbonyl (C=O) groups excluding carboxylic acids is 1. The van der Waals surface area contributed by atoms with Crippen LogP contribution in [0.3, 0.4) is 0 Å². The lowest BCUT2D eigenvalue weighted by Crippen LogP contribution is -2.40. The Morgan fingerprint density at radius 1 is 1.35 bits per heavy atom. The highest BCUT2D eigenvalue weighted by Gasteiger charge is 2.19. The Hall–Kier alpha value is -1.75. The number of anilines is 1. The minimum Gasteiger partial charge on any atom is -0.493 e. The van der Waals surface area contributed by atoms with Gasteiger partial charge in [0, 0.05) is 11.8 Å². The SMILES string of the molecule is CCOc1cc(NC(=O)C(N)C(C)CC)ccc1OC. The molecule has 2 atom stereocenters. The van der Waals surface area contributed by atoms with Crippen molar-refractivity contribution < 1.29 is 14.3 Å². The van der Waals surface area contributed by atoms with Gasteiger partial charge in [-0.3, -0.25) is 4.79 Å². The normalized spacial score (nSPS) is 13.4. The quantitative estimate of drug-likeness (QED) is 0.804. The van der Waals surface area contributed by atoms with E-state index in [0.717, 1.165) is 6.42 Å². The summed E-state index contributed by atoms with van der Waals surface area (Å²) < 4.78 is 10.7. The second-order valence-electron chi connectivity index (χ2n) is 4.70. The minimum absolute atomic E-state index is 0.139. The molecule has 0 heterocycles. The zero-order chi connectivity index (χ0) is 15.1. The molecule has 5 nitrogen and oxygen atoms in total. The molecule has 0 saturated heterocycles. The lowest BCUT2D eigenvalue weighted by molar-refractivity contribution is -0.118. The summed E-state index contributed by atoms with van der Waals surface area (Å²) >= 11 is 0. The largest absolute Gasteiger partial charge is 0.493 e. The number of ether oxygens (including phenoxy) is 2. The van der Waals surface area contributed by atoms with Crippen LogP contribution in [0.15, 0.2) is 18.2 Å². The standard InChI is InChI=1S/C15H24N2O3/c1-5-10(3)14(16)15(18)17-11-7-8-12(19-4)13(9-11)20-6-2/h7-10,14H,5-6,16H2,1-4H3,(H,17,18). The van der Waals surface area contributed by atoms with Crippen molar-refractivity contribution in [3.05, 3.63) is 18.2 Å². The van der Waals surface area contributed by atoms with Crippen molar-refractivity contribution in [1.29, 1.82) is 0 Å². The van der Waals surface area contributed by atoms with Crippen molar-refractivity contribution in [2.45, 2.75) is 33.2 Å². The first-order chi connectivity index (χ1) is 9.53. The number of amides is 1. The van der Waals surface area contributed by atoms with Gasteiger partial charge in [0.2, 0.25) is 5.91 Å². The van der Waals surface area contributed by atoms with Crippen molar-refractivity contribution in [3.8, 4) is 11.5 Å². The second-order valence-corrected chi connectivity index (χ2v) is 4.70. The summed E-state index contributed by atoms with van der Waals surface area (Å²) in [5.41, 5.74) is 6.55. The van der Waals surface area contributed by atoms with Gasteiger partial charge in [0.15, 0.2) is 11.5 Å². The van der Waals surface area contributed by atoms with Crippen LogP contribution >= 0.6 is 0 Å². The molecule has 0 aliphatic heterocycles. The zero-order valence-electron chi connectivity index (χ0n) is 12.6. The molecule has 1 amide bonds. The fraction of sp³-hybridized carbons (Fsp3) is 0.533. The topological polar surface area (TPSA) is 73.6 Å². The third-order valence-corrected chi connectivity index (χ3v) is 3.29. The van der Waals surface area contributed by atoms with Gasteiger partial charge in [0.05, 0.1) is 19.8 Å². The van der Waals surface area contributed by atoms with Crippen molar-refractivity contribution in [1.82, 2.24) is 0 Å². The summed E-state index contributed by atoms with van der Waals surface area (Å²) in [4.78, 5) is 12.0. The van der Waals surface area contributed by atoms with Crippen molar-refractivity contribution >= 4 is 11.6 Å². The van der Waals surface area contributed by atoms with Gasteiger partial charge in [0.25, 0.3) is 0 Å². The van der Waals surface area contributed by atoms with Gasteiger partial charge in [-0.15, -0.1) is 0 Å². The van der Waals surface area contributed by atoms with E-state index in [4.69, 9.17) is 15.2 Å². The van der Waals surface area contributed by atoms with Crippen LogP contribution in [0.5, 0.6) is 11.5 Å². The highest BCUT2D eigenvalue weighted by atomic mass is 16.5. The summed E-state index contributed by atoms with van der Waals surface area (Å²) in [6.45, 7) is 6.39. The van der Waals surface area contributed by atoms with Gasteiger partial charge < -0.3 is 20.5 Å². The molecule has 0 bridgehead atoms. The number of methoxy groups -OCH3 is 1. The summed E-state index contributed by atoms with van der Waals surface area (Å²) in [6, 6.07) is 4.75. The Morgan fingerprint density at radius 3 is 2.60 bits per heavy atom. The van der Waals surface area contributed by atoms with Gasteiger partial charge in [-0.1, -0.05) is 20.3 Å². The third-order valence-electron chi connectivity index (χ3n) is 3.29. The predicted molar refractivity (Wildman–Crippen MR) is 80.2 cm³/mol. The number of hydrogen-bond acceptors (Lipinski definition) is 4. The van der Waals surface area contributed by atoms with E-state index < -0.39 is 6.04 Å². The van der Waals surface area contributed by atoms with Crippen LogP contribution in [0.25, 0.3) is 0 Å². The lowest BCUT2D eigenvalue weighted by atomic mass is 9.99. The third kappa shape index (κ3) is 4.13. The maximum absolute atomic E-state index is 12.0. The van der Waals surface area contributed by atoms with Crippen LogP contribution in [-0.4, -0.2) is 25.7 Å². The minimum atomic E-state index is -0.516. The Morgan fingerprint density at radius 2 is 2.05 bits per heavy atom. The maximum Gasteiger partial charge on any atom is 0.241 e. The number of nitrogens with one attached hydrogen (secondary N) is 1. The number of hydrogen-bond donors (Lipinski definition) is 2. The molecule has 112 valence electrons. The van der Waals surface area contributed by atoms with Crippen LogP contribution in [-0.2, 0) is 4.79 Å². The zero-order valence-corrected chi connectivity index (χ0v) is 12.6. The highest BCUT2D eigenvalue weighted by Crippen LogP contribution is 2.30. The molecule has 1 rings (SSSR count). The van der Waals surface area contributed by atoms with Crippen LogP contribution < -0.4 is 20.5 Å². The molecule has 1 aromatic rings. The highest BCUT2D eigenvalue weighted by molar-refractivity contribution is 5.95. The molecular formula is C15H24N2O3. The molecule has 20 heavy (non-hydrogen) atoms. The molecule has 0 fully saturated rings. The van der Waals surface area contributed by atoms with E-state index in [1.165, 1.54) is 0 Å². The number of benzene rings is 1. The summed E-state index contributed by atoms with van der Waals surface area (Å²) in [5, 5.41) is 2.81. The van der Waals surface area contributed by atoms with E-state index in [1.807, 2.05) is 20.8 Å². The fourth-order valence-corrected chi connectivity index (χ4v) is 1.76. The molecular weight excluding hydrogens is 256 g/mol. The van der Waals surface area contributed by atoms with E-state index in [1.54, 1.807) is 25.3 Å². The van der Waals surface area contributed by atoms with Crippen LogP contribution in [0.2, 0.25) is 0 Å². The first kappa shape index (κ1) is 16.3. The van der Waals surface area contributed by atoms with Crippen molar-refractivity contribution in [2.24, 2.45) is 11.7 Å². The monoisotopic (exact) mass is 280 g/mol. The predicted octanol–water partition coefficient (Wildman–Crippen LogP) is 2.41. The van der Waals surface area contributed by atoms with Crippen molar-refractivity contribution in [2.75, 3.05) is 19.0 Å². The average molecular weight is 280 g/mol. The Labute approximate surface area is 120 Å². The van der Waals surface area contributed by atoms with E-state index in [2.05, 4.69) is 5.32 Å². The maximum atomic E-state index is 12.0. The van der Waals surface area contributed by atoms with Crippen LogP contribution in [0.1, 0.15) is 27.2 Å². The molecule has 0 aliphatic carbocycles. The van der Waals surface area contributed by atoms with Crippen LogP contribution in [0.4, 0.5) is 5.69 Å². The fourth-order valence-electron chi connectivity index (χ4n) is 1.76. The van der Waals surface area contributed by atoms with E-state index in [9.17, 15) is 4.79 Å². The smallest absolute Gasteiger partial charge is 0.241 e. The van der Waals surface area contributed by atoms with Gasteiger partial charge in [-0.25, -0.2) is 0 Å². The van der Waals surface area contributed by atoms with Gasteiger partial charge in [-0.2, -0.15) is 0 Å². The first-order valence-electron chi connectivity index (χ1n) is 6.90. The first-order valence-corrected chi connectivity index (χ1v) is 6.90. The van der Waals surface area contributed by atoms with Gasteiger partial charge >= 0.3 is 0 Å². The average Bonchev–Trinajstić information content (AvgIpc) is 2.46. The number of rotatable bonds is 7. The molecule has 3 N–H and O–H groups in total. The van der Waals surface area contributed by atoms with Crippen LogP contribution in [0, 0.1) is 5.92 Å². The lowest BCUT2D eigenvalue weighted by Gasteiger charge is -2.18. The summed E-state index contributed by atoms with van der Waals surface area (Å²) in [6.07, 6.45) is 0.862.